The van der Waals surface area contributed by atoms with Crippen LogP contribution in [0.25, 0.3) is 6.08 Å². The molecule has 0 unspecified atom stereocenters. The van der Waals surface area contributed by atoms with E-state index in [1.807, 2.05) is 0 Å². The van der Waals surface area contributed by atoms with E-state index in [0.717, 1.165) is 0 Å². The van der Waals surface area contributed by atoms with Crippen molar-refractivity contribution in [1.29, 1.82) is 0 Å². The van der Waals surface area contributed by atoms with Crippen molar-refractivity contribution in [2.45, 2.75) is 0 Å². The molecule has 2 aromatic carbocycles. The van der Waals surface area contributed by atoms with Crippen LogP contribution in [-0.4, -0.2) is 15.9 Å². The molecular weight excluding hydrogens is 272 g/mol. The van der Waals surface area contributed by atoms with E-state index in [0.29, 0.717) is 11.3 Å². The maximum Gasteiger partial charge on any atom is 0.276 e. The van der Waals surface area contributed by atoms with Crippen LogP contribution in [0.5, 0.6) is 5.75 Å². The van der Waals surface area contributed by atoms with Crippen LogP contribution in [0.2, 0.25) is 0 Å². The molecule has 0 spiro atoms. The van der Waals surface area contributed by atoms with Crippen molar-refractivity contribution >= 4 is 23.4 Å². The lowest BCUT2D eigenvalue weighted by atomic mass is 10.1. The minimum Gasteiger partial charge on any atom is -0.508 e. The van der Waals surface area contributed by atoms with Crippen LogP contribution in [0.3, 0.4) is 0 Å². The quantitative estimate of drug-likeness (QED) is 0.513. The van der Waals surface area contributed by atoms with Gasteiger partial charge in [-0.25, -0.2) is 0 Å². The van der Waals surface area contributed by atoms with Gasteiger partial charge in [0, 0.05) is 23.9 Å². The van der Waals surface area contributed by atoms with Crippen LogP contribution in [-0.2, 0) is 4.79 Å². The molecule has 0 fully saturated rings. The normalized spacial score (nSPS) is 10.5. The molecule has 0 heterocycles. The Kier molecular flexibility index (Phi) is 4.30. The zero-order valence-corrected chi connectivity index (χ0v) is 10.9. The molecule has 21 heavy (non-hydrogen) atoms. The number of benzene rings is 2. The van der Waals surface area contributed by atoms with Crippen molar-refractivity contribution in [3.8, 4) is 5.75 Å². The zero-order valence-electron chi connectivity index (χ0n) is 10.9. The summed E-state index contributed by atoms with van der Waals surface area (Å²) >= 11 is 0. The van der Waals surface area contributed by atoms with Gasteiger partial charge < -0.3 is 10.4 Å². The summed E-state index contributed by atoms with van der Waals surface area (Å²) in [7, 11) is 0. The highest BCUT2D eigenvalue weighted by molar-refractivity contribution is 6.02. The maximum absolute atomic E-state index is 11.7. The number of phenolic OH excluding ortho intramolecular Hbond substituents is 1. The number of nitrogens with zero attached hydrogens (tertiary/aromatic N) is 1. The lowest BCUT2D eigenvalue weighted by molar-refractivity contribution is -0.385. The predicted octanol–water partition coefficient (Wildman–Crippen LogP) is 2.95. The summed E-state index contributed by atoms with van der Waals surface area (Å²) in [6.45, 7) is 0. The molecule has 0 radical (unpaired) electrons. The first kappa shape index (κ1) is 14.3. The molecule has 0 atom stereocenters. The summed E-state index contributed by atoms with van der Waals surface area (Å²) in [4.78, 5) is 22.1. The number of rotatable bonds is 4. The predicted molar refractivity (Wildman–Crippen MR) is 78.9 cm³/mol. The van der Waals surface area contributed by atoms with Crippen molar-refractivity contribution in [2.24, 2.45) is 0 Å². The molecule has 0 aliphatic rings. The van der Waals surface area contributed by atoms with E-state index in [2.05, 4.69) is 5.32 Å². The van der Waals surface area contributed by atoms with E-state index in [4.69, 9.17) is 0 Å². The number of phenols is 1. The number of carbonyl (C=O) groups is 1. The summed E-state index contributed by atoms with van der Waals surface area (Å²) in [6.07, 6.45) is 2.57. The van der Waals surface area contributed by atoms with Gasteiger partial charge in [-0.05, 0) is 24.3 Å². The van der Waals surface area contributed by atoms with Crippen molar-refractivity contribution in [3.63, 3.8) is 0 Å². The maximum atomic E-state index is 11.7. The Bertz CT molecular complexity index is 710. The number of nitrogens with one attached hydrogen (secondary N) is 1. The van der Waals surface area contributed by atoms with Gasteiger partial charge in [0.25, 0.3) is 5.69 Å². The number of amides is 1. The standard InChI is InChI=1S/C15H12N2O4/c18-13-6-3-5-12(10-13)16-15(19)9-8-11-4-1-2-7-14(11)17(20)21/h1-10,18H,(H,16,19)/b9-8+. The fraction of sp³-hybridized carbons (Fsp3) is 0. The van der Waals surface area contributed by atoms with Gasteiger partial charge in [-0.3, -0.25) is 14.9 Å². The molecular formula is C15H12N2O4. The minimum atomic E-state index is -0.507. The van der Waals surface area contributed by atoms with Crippen molar-refractivity contribution in [3.05, 3.63) is 70.3 Å². The minimum absolute atomic E-state index is 0.0375. The van der Waals surface area contributed by atoms with Crippen molar-refractivity contribution in [1.82, 2.24) is 0 Å². The van der Waals surface area contributed by atoms with Gasteiger partial charge in [0.1, 0.15) is 5.75 Å². The number of aromatic hydroxyl groups is 1. The van der Waals surface area contributed by atoms with E-state index in [1.54, 1.807) is 30.3 Å². The highest BCUT2D eigenvalue weighted by atomic mass is 16.6. The van der Waals surface area contributed by atoms with Crippen molar-refractivity contribution < 1.29 is 14.8 Å². The summed E-state index contributed by atoms with van der Waals surface area (Å²) in [6, 6.07) is 12.2. The molecule has 0 aliphatic carbocycles. The second-order valence-corrected chi connectivity index (χ2v) is 4.19. The number of carbonyl (C=O) groups excluding carboxylic acids is 1. The molecule has 0 aliphatic heterocycles. The third-order valence-corrected chi connectivity index (χ3v) is 2.66. The number of nitro benzene ring substituents is 1. The second kappa shape index (κ2) is 6.33. The molecule has 6 nitrogen and oxygen atoms in total. The van der Waals surface area contributed by atoms with Gasteiger partial charge >= 0.3 is 0 Å². The van der Waals surface area contributed by atoms with Crippen LogP contribution >= 0.6 is 0 Å². The molecule has 1 amide bonds. The molecule has 2 aromatic rings. The Morgan fingerprint density at radius 1 is 1.19 bits per heavy atom. The first-order chi connectivity index (χ1) is 10.1. The van der Waals surface area contributed by atoms with Gasteiger partial charge in [-0.15, -0.1) is 0 Å². The third kappa shape index (κ3) is 3.90. The van der Waals surface area contributed by atoms with Gasteiger partial charge in [-0.2, -0.15) is 0 Å². The first-order valence-electron chi connectivity index (χ1n) is 6.08. The fourth-order valence-electron chi connectivity index (χ4n) is 1.73. The molecule has 6 heteroatoms. The highest BCUT2D eigenvalue weighted by Gasteiger charge is 2.09. The lowest BCUT2D eigenvalue weighted by Gasteiger charge is -2.02. The Labute approximate surface area is 120 Å². The molecule has 0 saturated carbocycles. The molecule has 0 bridgehead atoms. The summed E-state index contributed by atoms with van der Waals surface area (Å²) in [5.41, 5.74) is 0.708. The molecule has 106 valence electrons. The number of anilines is 1. The first-order valence-corrected chi connectivity index (χ1v) is 6.08. The second-order valence-electron chi connectivity index (χ2n) is 4.19. The van der Waals surface area contributed by atoms with Gasteiger partial charge in [-0.1, -0.05) is 18.2 Å². The Hall–Kier alpha value is -3.15. The van der Waals surface area contributed by atoms with Crippen LogP contribution in [0, 0.1) is 10.1 Å². The average Bonchev–Trinajstić information content (AvgIpc) is 2.45. The summed E-state index contributed by atoms with van der Waals surface area (Å²) < 4.78 is 0. The molecule has 2 N–H and O–H groups in total. The number of hydrogen-bond donors (Lipinski definition) is 2. The summed E-state index contributed by atoms with van der Waals surface area (Å²) in [5.74, 6) is -0.408. The lowest BCUT2D eigenvalue weighted by Crippen LogP contribution is -2.07. The van der Waals surface area contributed by atoms with Gasteiger partial charge in [0.2, 0.25) is 5.91 Å². The zero-order chi connectivity index (χ0) is 15.2. The number of hydrogen-bond acceptors (Lipinski definition) is 4. The van der Waals surface area contributed by atoms with Crippen LogP contribution in [0.4, 0.5) is 11.4 Å². The Morgan fingerprint density at radius 2 is 1.95 bits per heavy atom. The topological polar surface area (TPSA) is 92.5 Å². The van der Waals surface area contributed by atoms with Crippen LogP contribution in [0.1, 0.15) is 5.56 Å². The van der Waals surface area contributed by atoms with Crippen molar-refractivity contribution in [2.75, 3.05) is 5.32 Å². The number of para-hydroxylation sites is 1. The van der Waals surface area contributed by atoms with E-state index in [-0.39, 0.29) is 11.4 Å². The fourth-order valence-corrected chi connectivity index (χ4v) is 1.73. The third-order valence-electron chi connectivity index (χ3n) is 2.66. The summed E-state index contributed by atoms with van der Waals surface area (Å²) in [5, 5.41) is 22.7. The Balaban J connectivity index is 2.11. The van der Waals surface area contributed by atoms with E-state index < -0.39 is 10.8 Å². The van der Waals surface area contributed by atoms with Crippen LogP contribution in [0.15, 0.2) is 54.6 Å². The van der Waals surface area contributed by atoms with E-state index in [1.165, 1.54) is 30.4 Å². The smallest absolute Gasteiger partial charge is 0.276 e. The SMILES string of the molecule is O=C(/C=C/c1ccccc1[N+](=O)[O-])Nc1cccc(O)c1. The highest BCUT2D eigenvalue weighted by Crippen LogP contribution is 2.19. The molecule has 0 saturated heterocycles. The largest absolute Gasteiger partial charge is 0.508 e. The monoisotopic (exact) mass is 284 g/mol. The number of nitro groups is 1. The molecule has 0 aromatic heterocycles. The van der Waals surface area contributed by atoms with Gasteiger partial charge in [0.05, 0.1) is 10.5 Å². The Morgan fingerprint density at radius 3 is 2.67 bits per heavy atom. The average molecular weight is 284 g/mol. The van der Waals surface area contributed by atoms with E-state index >= 15 is 0 Å². The van der Waals surface area contributed by atoms with Gasteiger partial charge in [0.15, 0.2) is 0 Å². The van der Waals surface area contributed by atoms with E-state index in [9.17, 15) is 20.0 Å². The van der Waals surface area contributed by atoms with Crippen LogP contribution < -0.4 is 5.32 Å². The molecule has 2 rings (SSSR count).